The van der Waals surface area contributed by atoms with E-state index in [1.807, 2.05) is 35.7 Å². The van der Waals surface area contributed by atoms with Gasteiger partial charge in [-0.05, 0) is 23.8 Å². The van der Waals surface area contributed by atoms with Gasteiger partial charge in [-0.15, -0.1) is 11.3 Å². The van der Waals surface area contributed by atoms with E-state index in [1.54, 1.807) is 30.3 Å². The number of hydrogen-bond donors (Lipinski definition) is 1. The summed E-state index contributed by atoms with van der Waals surface area (Å²) >= 11 is 7.52. The summed E-state index contributed by atoms with van der Waals surface area (Å²) in [6, 6.07) is 9.90. The second-order valence-electron chi connectivity index (χ2n) is 4.75. The average Bonchev–Trinajstić information content (AvgIpc) is 2.83. The molecule has 0 aliphatic heterocycles. The van der Waals surface area contributed by atoms with E-state index in [0.29, 0.717) is 6.42 Å². The molecule has 1 N–H and O–H groups in total. The summed E-state index contributed by atoms with van der Waals surface area (Å²) in [4.78, 5) is 14.4. The van der Waals surface area contributed by atoms with Crippen molar-refractivity contribution < 1.29 is 4.79 Å². The van der Waals surface area contributed by atoms with Crippen LogP contribution >= 0.6 is 22.9 Å². The van der Waals surface area contributed by atoms with Crippen molar-refractivity contribution in [3.05, 3.63) is 51.2 Å². The zero-order valence-corrected chi connectivity index (χ0v) is 13.1. The Hall–Kier alpha value is -1.52. The SMILES string of the molecule is CN(C)C(=O)Cc1ccc(NCc2cc(Cl)cs2)cc1. The maximum atomic E-state index is 11.6. The van der Waals surface area contributed by atoms with Crippen LogP contribution in [0, 0.1) is 0 Å². The molecule has 1 aromatic heterocycles. The molecule has 0 unspecified atom stereocenters. The van der Waals surface area contributed by atoms with Crippen molar-refractivity contribution in [2.24, 2.45) is 0 Å². The third-order valence-electron chi connectivity index (χ3n) is 2.90. The van der Waals surface area contributed by atoms with Gasteiger partial charge in [-0.25, -0.2) is 0 Å². The summed E-state index contributed by atoms with van der Waals surface area (Å²) in [6.07, 6.45) is 0.438. The number of hydrogen-bond acceptors (Lipinski definition) is 3. The number of amides is 1. The molecule has 1 heterocycles. The van der Waals surface area contributed by atoms with E-state index in [2.05, 4.69) is 5.32 Å². The predicted octanol–water partition coefficient (Wildman–Crippen LogP) is 3.64. The van der Waals surface area contributed by atoms with E-state index in [-0.39, 0.29) is 5.91 Å². The fraction of sp³-hybridized carbons (Fsp3) is 0.267. The molecule has 2 rings (SSSR count). The van der Waals surface area contributed by atoms with Crippen LogP contribution < -0.4 is 5.32 Å². The van der Waals surface area contributed by atoms with Crippen molar-refractivity contribution >= 4 is 34.5 Å². The Morgan fingerprint density at radius 1 is 1.30 bits per heavy atom. The number of carbonyl (C=O) groups is 1. The number of halogens is 1. The Labute approximate surface area is 128 Å². The first kappa shape index (κ1) is 14.9. The van der Waals surface area contributed by atoms with Gasteiger partial charge in [0.15, 0.2) is 0 Å². The van der Waals surface area contributed by atoms with Gasteiger partial charge in [-0.3, -0.25) is 4.79 Å². The lowest BCUT2D eigenvalue weighted by Crippen LogP contribution is -2.23. The summed E-state index contributed by atoms with van der Waals surface area (Å²) in [5, 5.41) is 6.04. The van der Waals surface area contributed by atoms with Crippen LogP contribution in [0.2, 0.25) is 5.02 Å². The maximum absolute atomic E-state index is 11.6. The van der Waals surface area contributed by atoms with Crippen molar-refractivity contribution in [2.45, 2.75) is 13.0 Å². The Morgan fingerprint density at radius 2 is 2.00 bits per heavy atom. The minimum atomic E-state index is 0.110. The van der Waals surface area contributed by atoms with E-state index < -0.39 is 0 Å². The number of anilines is 1. The number of benzene rings is 1. The summed E-state index contributed by atoms with van der Waals surface area (Å²) < 4.78 is 0. The van der Waals surface area contributed by atoms with Crippen LogP contribution in [0.25, 0.3) is 0 Å². The largest absolute Gasteiger partial charge is 0.380 e. The number of nitrogens with zero attached hydrogens (tertiary/aromatic N) is 1. The highest BCUT2D eigenvalue weighted by atomic mass is 35.5. The second-order valence-corrected chi connectivity index (χ2v) is 6.18. The van der Waals surface area contributed by atoms with Crippen molar-refractivity contribution in [1.29, 1.82) is 0 Å². The third kappa shape index (κ3) is 4.25. The molecule has 3 nitrogen and oxygen atoms in total. The Balaban J connectivity index is 1.89. The number of carbonyl (C=O) groups excluding carboxylic acids is 1. The van der Waals surface area contributed by atoms with Gasteiger partial charge in [-0.1, -0.05) is 23.7 Å². The summed E-state index contributed by atoms with van der Waals surface area (Å²) in [7, 11) is 3.54. The van der Waals surface area contributed by atoms with Gasteiger partial charge < -0.3 is 10.2 Å². The lowest BCUT2D eigenvalue weighted by Gasteiger charge is -2.10. The second kappa shape index (κ2) is 6.77. The van der Waals surface area contributed by atoms with Gasteiger partial charge >= 0.3 is 0 Å². The topological polar surface area (TPSA) is 32.3 Å². The van der Waals surface area contributed by atoms with E-state index in [0.717, 1.165) is 22.8 Å². The van der Waals surface area contributed by atoms with Gasteiger partial charge in [0.1, 0.15) is 0 Å². The fourth-order valence-electron chi connectivity index (χ4n) is 1.71. The molecule has 0 saturated carbocycles. The molecule has 0 fully saturated rings. The first-order valence-corrected chi connectivity index (χ1v) is 7.56. The highest BCUT2D eigenvalue weighted by molar-refractivity contribution is 7.10. The summed E-state index contributed by atoms with van der Waals surface area (Å²) in [6.45, 7) is 0.757. The highest BCUT2D eigenvalue weighted by Crippen LogP contribution is 2.20. The van der Waals surface area contributed by atoms with Gasteiger partial charge in [0, 0.05) is 36.6 Å². The molecule has 1 aromatic carbocycles. The smallest absolute Gasteiger partial charge is 0.226 e. The highest BCUT2D eigenvalue weighted by Gasteiger charge is 2.05. The van der Waals surface area contributed by atoms with Crippen LogP contribution in [-0.2, 0) is 17.8 Å². The Bertz CT molecular complexity index is 578. The monoisotopic (exact) mass is 308 g/mol. The first-order valence-electron chi connectivity index (χ1n) is 6.30. The number of rotatable bonds is 5. The van der Waals surface area contributed by atoms with Gasteiger partial charge in [0.2, 0.25) is 5.91 Å². The molecule has 0 atom stereocenters. The Morgan fingerprint density at radius 3 is 2.55 bits per heavy atom. The molecule has 1 amide bonds. The normalized spacial score (nSPS) is 10.3. The molecule has 0 spiro atoms. The lowest BCUT2D eigenvalue weighted by molar-refractivity contribution is -0.127. The quantitative estimate of drug-likeness (QED) is 0.914. The third-order valence-corrected chi connectivity index (χ3v) is 4.18. The van der Waals surface area contributed by atoms with Crippen LogP contribution in [0.5, 0.6) is 0 Å². The van der Waals surface area contributed by atoms with Crippen molar-refractivity contribution in [1.82, 2.24) is 4.90 Å². The molecule has 0 radical (unpaired) electrons. The molecular formula is C15H17ClN2OS. The summed E-state index contributed by atoms with van der Waals surface area (Å²) in [5.41, 5.74) is 2.06. The van der Waals surface area contributed by atoms with Crippen LogP contribution in [0.1, 0.15) is 10.4 Å². The molecule has 0 aliphatic rings. The maximum Gasteiger partial charge on any atom is 0.226 e. The molecule has 106 valence electrons. The van der Waals surface area contributed by atoms with Crippen LogP contribution in [-0.4, -0.2) is 24.9 Å². The van der Waals surface area contributed by atoms with Gasteiger partial charge in [0.25, 0.3) is 0 Å². The molecule has 2 aromatic rings. The Kier molecular flexibility index (Phi) is 5.04. The van der Waals surface area contributed by atoms with Crippen LogP contribution in [0.3, 0.4) is 0 Å². The van der Waals surface area contributed by atoms with Crippen LogP contribution in [0.4, 0.5) is 5.69 Å². The first-order chi connectivity index (χ1) is 9.54. The fourth-order valence-corrected chi connectivity index (χ4v) is 2.72. The van der Waals surface area contributed by atoms with E-state index in [1.165, 1.54) is 4.88 Å². The van der Waals surface area contributed by atoms with Crippen LogP contribution in [0.15, 0.2) is 35.7 Å². The molecule has 0 aliphatic carbocycles. The predicted molar refractivity (Wildman–Crippen MR) is 85.5 cm³/mol. The molecule has 5 heteroatoms. The van der Waals surface area contributed by atoms with Crippen molar-refractivity contribution in [2.75, 3.05) is 19.4 Å². The average molecular weight is 309 g/mol. The van der Waals surface area contributed by atoms with Crippen molar-refractivity contribution in [3.63, 3.8) is 0 Å². The van der Waals surface area contributed by atoms with Gasteiger partial charge in [-0.2, -0.15) is 0 Å². The standard InChI is InChI=1S/C15H17ClN2OS/c1-18(2)15(19)7-11-3-5-13(6-4-11)17-9-14-8-12(16)10-20-14/h3-6,8,10,17H,7,9H2,1-2H3. The molecular weight excluding hydrogens is 292 g/mol. The number of thiophene rings is 1. The molecule has 20 heavy (non-hydrogen) atoms. The zero-order chi connectivity index (χ0) is 14.5. The molecule has 0 saturated heterocycles. The summed E-state index contributed by atoms with van der Waals surface area (Å²) in [5.74, 6) is 0.110. The minimum Gasteiger partial charge on any atom is -0.380 e. The van der Waals surface area contributed by atoms with E-state index in [9.17, 15) is 4.79 Å². The number of nitrogens with one attached hydrogen (secondary N) is 1. The van der Waals surface area contributed by atoms with E-state index >= 15 is 0 Å². The minimum absolute atomic E-state index is 0.110. The molecule has 0 bridgehead atoms. The number of likely N-dealkylation sites (N-methyl/N-ethyl adjacent to an activating group) is 1. The zero-order valence-electron chi connectivity index (χ0n) is 11.5. The lowest BCUT2D eigenvalue weighted by atomic mass is 10.1. The van der Waals surface area contributed by atoms with Crippen molar-refractivity contribution in [3.8, 4) is 0 Å². The van der Waals surface area contributed by atoms with Gasteiger partial charge in [0.05, 0.1) is 11.4 Å². The van der Waals surface area contributed by atoms with E-state index in [4.69, 9.17) is 11.6 Å².